The van der Waals surface area contributed by atoms with Crippen LogP contribution in [0.25, 0.3) is 0 Å². The van der Waals surface area contributed by atoms with Crippen molar-refractivity contribution in [3.63, 3.8) is 0 Å². The molecule has 0 aliphatic rings. The minimum Gasteiger partial charge on any atom is -1.00 e. The fourth-order valence-corrected chi connectivity index (χ4v) is 0.394. The van der Waals surface area contributed by atoms with Crippen LogP contribution in [0.1, 0.15) is 26.2 Å². The Balaban J connectivity index is -0.000000125. The van der Waals surface area contributed by atoms with Crippen molar-refractivity contribution in [3.8, 4) is 0 Å². The van der Waals surface area contributed by atoms with Gasteiger partial charge in [-0.1, -0.05) is 19.8 Å². The van der Waals surface area contributed by atoms with Gasteiger partial charge in [-0.3, -0.25) is 0 Å². The van der Waals surface area contributed by atoms with Gasteiger partial charge in [0.1, 0.15) is 0 Å². The van der Waals surface area contributed by atoms with E-state index in [1.54, 1.807) is 0 Å². The molecule has 0 aliphatic heterocycles. The Hall–Kier alpha value is 0.756. The predicted molar refractivity (Wildman–Crippen MR) is 28.6 cm³/mol. The van der Waals surface area contributed by atoms with Crippen molar-refractivity contribution in [3.05, 3.63) is 0 Å². The van der Waals surface area contributed by atoms with E-state index in [0.29, 0.717) is 0 Å². The molecule has 0 aromatic carbocycles. The quantitative estimate of drug-likeness (QED) is 0.508. The monoisotopic (exact) mass is 181 g/mol. The van der Waals surface area contributed by atoms with Crippen molar-refractivity contribution in [2.75, 3.05) is 6.54 Å². The molecule has 3 heteroatoms. The largest absolute Gasteiger partial charge is 2.00 e. The SMILES string of the molecule is CCCCCN.[Cl-].[Co+2]. The molecule has 0 aromatic rings. The summed E-state index contributed by atoms with van der Waals surface area (Å²) in [5.41, 5.74) is 5.21. The average Bonchev–Trinajstić information content (AvgIpc) is 1.61. The summed E-state index contributed by atoms with van der Waals surface area (Å²) >= 11 is 0. The minimum atomic E-state index is 0. The van der Waals surface area contributed by atoms with Crippen LogP contribution in [-0.2, 0) is 16.8 Å². The van der Waals surface area contributed by atoms with E-state index in [2.05, 4.69) is 6.92 Å². The molecule has 1 nitrogen and oxygen atoms in total. The van der Waals surface area contributed by atoms with Gasteiger partial charge in [-0.25, -0.2) is 0 Å². The van der Waals surface area contributed by atoms with Gasteiger partial charge < -0.3 is 18.1 Å². The minimum absolute atomic E-state index is 0. The summed E-state index contributed by atoms with van der Waals surface area (Å²) in [6.45, 7) is 3.03. The fourth-order valence-electron chi connectivity index (χ4n) is 0.394. The molecular formula is C5H13ClCoN+. The molecule has 0 fully saturated rings. The van der Waals surface area contributed by atoms with Crippen LogP contribution < -0.4 is 18.1 Å². The van der Waals surface area contributed by atoms with Crippen LogP contribution in [0.3, 0.4) is 0 Å². The smallest absolute Gasteiger partial charge is 1.00 e. The standard InChI is InChI=1S/C5H13N.ClH.Co/c1-2-3-4-5-6;;/h2-6H2,1H3;1H;/q;;+2/p-1. The molecule has 0 atom stereocenters. The summed E-state index contributed by atoms with van der Waals surface area (Å²) in [7, 11) is 0. The Bertz CT molecular complexity index is 24.4. The van der Waals surface area contributed by atoms with E-state index in [0.717, 1.165) is 6.54 Å². The van der Waals surface area contributed by atoms with E-state index in [4.69, 9.17) is 5.73 Å². The van der Waals surface area contributed by atoms with E-state index in [9.17, 15) is 0 Å². The van der Waals surface area contributed by atoms with Crippen molar-refractivity contribution < 1.29 is 29.2 Å². The van der Waals surface area contributed by atoms with Crippen LogP contribution in [0, 0.1) is 0 Å². The second-order valence-electron chi connectivity index (χ2n) is 1.50. The first-order chi connectivity index (χ1) is 2.91. The van der Waals surface area contributed by atoms with Crippen molar-refractivity contribution in [2.24, 2.45) is 5.73 Å². The van der Waals surface area contributed by atoms with Gasteiger partial charge in [0.15, 0.2) is 0 Å². The van der Waals surface area contributed by atoms with Crippen molar-refractivity contribution in [1.82, 2.24) is 0 Å². The van der Waals surface area contributed by atoms with E-state index in [-0.39, 0.29) is 29.2 Å². The summed E-state index contributed by atoms with van der Waals surface area (Å²) in [6.07, 6.45) is 3.75. The van der Waals surface area contributed by atoms with Crippen LogP contribution in [0.5, 0.6) is 0 Å². The van der Waals surface area contributed by atoms with Crippen LogP contribution in [0.4, 0.5) is 0 Å². The number of hydrogen-bond acceptors (Lipinski definition) is 1. The molecule has 53 valence electrons. The van der Waals surface area contributed by atoms with Gasteiger partial charge in [0.25, 0.3) is 0 Å². The Kier molecular flexibility index (Phi) is 31.1. The molecule has 2 N–H and O–H groups in total. The van der Waals surface area contributed by atoms with Gasteiger partial charge in [-0.15, -0.1) is 0 Å². The summed E-state index contributed by atoms with van der Waals surface area (Å²) in [5, 5.41) is 0. The van der Waals surface area contributed by atoms with Crippen molar-refractivity contribution in [2.45, 2.75) is 26.2 Å². The maximum absolute atomic E-state index is 5.21. The zero-order valence-corrected chi connectivity index (χ0v) is 6.91. The molecule has 8 heavy (non-hydrogen) atoms. The molecular weight excluding hydrogens is 168 g/mol. The van der Waals surface area contributed by atoms with Crippen LogP contribution in [-0.4, -0.2) is 6.54 Å². The number of unbranched alkanes of at least 4 members (excludes halogenated alkanes) is 2. The van der Waals surface area contributed by atoms with E-state index < -0.39 is 0 Å². The van der Waals surface area contributed by atoms with E-state index in [1.165, 1.54) is 19.3 Å². The third kappa shape index (κ3) is 15.9. The number of rotatable bonds is 3. The summed E-state index contributed by atoms with van der Waals surface area (Å²) in [5.74, 6) is 0. The van der Waals surface area contributed by atoms with Crippen LogP contribution in [0.2, 0.25) is 0 Å². The second kappa shape index (κ2) is 15.7. The first kappa shape index (κ1) is 15.9. The normalized spacial score (nSPS) is 6.75. The zero-order valence-electron chi connectivity index (χ0n) is 5.12. The van der Waals surface area contributed by atoms with Crippen molar-refractivity contribution >= 4 is 0 Å². The molecule has 0 heterocycles. The van der Waals surface area contributed by atoms with Gasteiger partial charge in [0.2, 0.25) is 0 Å². The first-order valence-corrected chi connectivity index (χ1v) is 2.62. The van der Waals surface area contributed by atoms with Gasteiger partial charge in [0, 0.05) is 0 Å². The van der Waals surface area contributed by atoms with Gasteiger partial charge in [0.05, 0.1) is 0 Å². The molecule has 1 radical (unpaired) electrons. The van der Waals surface area contributed by atoms with Gasteiger partial charge in [-0.2, -0.15) is 0 Å². The molecule has 0 amide bonds. The average molecular weight is 182 g/mol. The predicted octanol–water partition coefficient (Wildman–Crippen LogP) is -1.86. The maximum Gasteiger partial charge on any atom is 2.00 e. The van der Waals surface area contributed by atoms with Crippen LogP contribution in [0.15, 0.2) is 0 Å². The van der Waals surface area contributed by atoms with Gasteiger partial charge >= 0.3 is 16.8 Å². The van der Waals surface area contributed by atoms with Gasteiger partial charge in [-0.05, 0) is 13.0 Å². The maximum atomic E-state index is 5.21. The first-order valence-electron chi connectivity index (χ1n) is 2.62. The molecule has 0 aliphatic carbocycles. The Morgan fingerprint density at radius 3 is 1.88 bits per heavy atom. The fraction of sp³-hybridized carbons (Fsp3) is 1.00. The number of nitrogens with two attached hydrogens (primary N) is 1. The summed E-state index contributed by atoms with van der Waals surface area (Å²) in [6, 6.07) is 0. The third-order valence-electron chi connectivity index (χ3n) is 0.808. The Labute approximate surface area is 68.0 Å². The van der Waals surface area contributed by atoms with Crippen molar-refractivity contribution in [1.29, 1.82) is 0 Å². The number of hydrogen-bond donors (Lipinski definition) is 1. The molecule has 0 aromatic heterocycles. The molecule has 0 saturated heterocycles. The molecule has 0 spiro atoms. The molecule has 0 rings (SSSR count). The topological polar surface area (TPSA) is 26.0 Å². The summed E-state index contributed by atoms with van der Waals surface area (Å²) in [4.78, 5) is 0. The van der Waals surface area contributed by atoms with Crippen LogP contribution >= 0.6 is 0 Å². The summed E-state index contributed by atoms with van der Waals surface area (Å²) < 4.78 is 0. The number of halogens is 1. The second-order valence-corrected chi connectivity index (χ2v) is 1.50. The Morgan fingerprint density at radius 2 is 1.75 bits per heavy atom. The van der Waals surface area contributed by atoms with E-state index >= 15 is 0 Å². The molecule has 0 bridgehead atoms. The molecule has 0 saturated carbocycles. The molecule has 0 unspecified atom stereocenters. The zero-order chi connectivity index (χ0) is 4.83. The third-order valence-corrected chi connectivity index (χ3v) is 0.808. The van der Waals surface area contributed by atoms with E-state index in [1.807, 2.05) is 0 Å². The Morgan fingerprint density at radius 1 is 1.25 bits per heavy atom.